The lowest BCUT2D eigenvalue weighted by Crippen LogP contribution is -2.36. The molecule has 0 bridgehead atoms. The number of methoxy groups -OCH3 is 1. The number of aliphatic carboxylic acids is 1. The van der Waals surface area contributed by atoms with Crippen molar-refractivity contribution >= 4 is 5.97 Å². The van der Waals surface area contributed by atoms with Gasteiger partial charge in [-0.05, 0) is 19.4 Å². The highest BCUT2D eigenvalue weighted by molar-refractivity contribution is 5.66. The summed E-state index contributed by atoms with van der Waals surface area (Å²) >= 11 is 0. The Balaban J connectivity index is 3.24. The number of hydrogen-bond donors (Lipinski definition) is 3. The molecule has 0 saturated heterocycles. The molecular formula is C10H21NO4. The van der Waals surface area contributed by atoms with Crippen LogP contribution in [0.3, 0.4) is 0 Å². The monoisotopic (exact) mass is 219 g/mol. The smallest absolute Gasteiger partial charge is 0.303 e. The topological polar surface area (TPSA) is 78.8 Å². The Bertz CT molecular complexity index is 164. The summed E-state index contributed by atoms with van der Waals surface area (Å²) in [6, 6.07) is -0.0190. The number of rotatable bonds is 10. The van der Waals surface area contributed by atoms with Crippen molar-refractivity contribution in [3.05, 3.63) is 0 Å². The molecule has 15 heavy (non-hydrogen) atoms. The Hall–Kier alpha value is -0.650. The average molecular weight is 219 g/mol. The summed E-state index contributed by atoms with van der Waals surface area (Å²) in [7, 11) is 1.59. The molecule has 0 heterocycles. The summed E-state index contributed by atoms with van der Waals surface area (Å²) < 4.78 is 4.90. The molecule has 5 heteroatoms. The first-order valence-corrected chi connectivity index (χ1v) is 5.25. The van der Waals surface area contributed by atoms with Crippen molar-refractivity contribution in [2.45, 2.75) is 31.7 Å². The van der Waals surface area contributed by atoms with Gasteiger partial charge in [0.1, 0.15) is 0 Å². The van der Waals surface area contributed by atoms with E-state index >= 15 is 0 Å². The number of nitrogens with one attached hydrogen (secondary N) is 1. The van der Waals surface area contributed by atoms with E-state index in [0.717, 1.165) is 19.4 Å². The maximum atomic E-state index is 10.2. The molecule has 90 valence electrons. The number of aliphatic hydroxyl groups is 1. The van der Waals surface area contributed by atoms with Gasteiger partial charge < -0.3 is 20.3 Å². The van der Waals surface area contributed by atoms with E-state index in [-0.39, 0.29) is 19.1 Å². The summed E-state index contributed by atoms with van der Waals surface area (Å²) in [6.45, 7) is 1.34. The van der Waals surface area contributed by atoms with Crippen LogP contribution in [0.15, 0.2) is 0 Å². The van der Waals surface area contributed by atoms with Crippen molar-refractivity contribution in [3.8, 4) is 0 Å². The van der Waals surface area contributed by atoms with Crippen molar-refractivity contribution in [3.63, 3.8) is 0 Å². The van der Waals surface area contributed by atoms with Gasteiger partial charge in [0, 0.05) is 13.5 Å². The van der Waals surface area contributed by atoms with Crippen molar-refractivity contribution in [2.24, 2.45) is 0 Å². The molecule has 0 aliphatic heterocycles. The van der Waals surface area contributed by atoms with Gasteiger partial charge in [0.25, 0.3) is 0 Å². The molecule has 0 rings (SSSR count). The van der Waals surface area contributed by atoms with Crippen LogP contribution in [0.4, 0.5) is 0 Å². The second kappa shape index (κ2) is 9.89. The van der Waals surface area contributed by atoms with Gasteiger partial charge >= 0.3 is 5.97 Å². The van der Waals surface area contributed by atoms with E-state index in [0.29, 0.717) is 13.0 Å². The zero-order valence-corrected chi connectivity index (χ0v) is 9.24. The molecule has 0 aliphatic carbocycles. The highest BCUT2D eigenvalue weighted by Gasteiger charge is 2.04. The summed E-state index contributed by atoms with van der Waals surface area (Å²) in [4.78, 5) is 10.2. The minimum atomic E-state index is -0.740. The van der Waals surface area contributed by atoms with Crippen molar-refractivity contribution in [1.29, 1.82) is 0 Å². The molecule has 1 unspecified atom stereocenters. The van der Waals surface area contributed by atoms with Gasteiger partial charge in [-0.25, -0.2) is 0 Å². The molecule has 0 saturated carbocycles. The normalized spacial score (nSPS) is 12.7. The molecule has 0 aromatic carbocycles. The highest BCUT2D eigenvalue weighted by Crippen LogP contribution is 1.98. The van der Waals surface area contributed by atoms with Gasteiger partial charge in [-0.3, -0.25) is 4.79 Å². The van der Waals surface area contributed by atoms with E-state index in [1.807, 2.05) is 0 Å². The predicted molar refractivity (Wildman–Crippen MR) is 56.9 cm³/mol. The fraction of sp³-hybridized carbons (Fsp3) is 0.900. The standard InChI is InChI=1S/C10H21NO4/c1-15-8-9(7-12)11-6-4-2-3-5-10(13)14/h9,11-12H,2-8H2,1H3,(H,13,14). The first-order chi connectivity index (χ1) is 7.20. The predicted octanol–water partition coefficient (Wildman–Crippen LogP) is 0.228. The number of carboxylic acids is 1. The molecule has 0 spiro atoms. The summed E-state index contributed by atoms with van der Waals surface area (Å²) in [6.07, 6.45) is 2.77. The second-order valence-corrected chi connectivity index (χ2v) is 3.49. The first kappa shape index (κ1) is 14.3. The van der Waals surface area contributed by atoms with E-state index in [2.05, 4.69) is 5.32 Å². The van der Waals surface area contributed by atoms with Crippen LogP contribution in [0, 0.1) is 0 Å². The first-order valence-electron chi connectivity index (χ1n) is 5.25. The van der Waals surface area contributed by atoms with Crippen LogP contribution in [0.5, 0.6) is 0 Å². The van der Waals surface area contributed by atoms with Crippen LogP contribution in [0.1, 0.15) is 25.7 Å². The van der Waals surface area contributed by atoms with Crippen LogP contribution < -0.4 is 5.32 Å². The fourth-order valence-corrected chi connectivity index (χ4v) is 1.26. The van der Waals surface area contributed by atoms with Crippen molar-refractivity contribution in [2.75, 3.05) is 26.9 Å². The fourth-order valence-electron chi connectivity index (χ4n) is 1.26. The molecule has 0 aromatic rings. The quantitative estimate of drug-likeness (QED) is 0.458. The van der Waals surface area contributed by atoms with Gasteiger partial charge in [-0.2, -0.15) is 0 Å². The minimum Gasteiger partial charge on any atom is -0.481 e. The molecule has 0 fully saturated rings. The zero-order valence-electron chi connectivity index (χ0n) is 9.24. The van der Waals surface area contributed by atoms with E-state index in [9.17, 15) is 4.79 Å². The van der Waals surface area contributed by atoms with Gasteiger partial charge in [-0.1, -0.05) is 6.42 Å². The largest absolute Gasteiger partial charge is 0.481 e. The molecular weight excluding hydrogens is 198 g/mol. The SMILES string of the molecule is COCC(CO)NCCCCCC(=O)O. The third kappa shape index (κ3) is 9.65. The number of unbranched alkanes of at least 4 members (excludes halogenated alkanes) is 2. The van der Waals surface area contributed by atoms with Crippen LogP contribution in [0.2, 0.25) is 0 Å². The Labute approximate surface area is 90.4 Å². The lowest BCUT2D eigenvalue weighted by molar-refractivity contribution is -0.137. The Morgan fingerprint density at radius 1 is 1.40 bits per heavy atom. The third-order valence-corrected chi connectivity index (χ3v) is 2.09. The number of aliphatic hydroxyl groups excluding tert-OH is 1. The number of ether oxygens (including phenoxy) is 1. The number of carboxylic acid groups (broad SMARTS) is 1. The summed E-state index contributed by atoms with van der Waals surface area (Å²) in [5.41, 5.74) is 0. The molecule has 0 aliphatic rings. The van der Waals surface area contributed by atoms with Crippen LogP contribution in [-0.4, -0.2) is 49.1 Å². The van der Waals surface area contributed by atoms with Gasteiger partial charge in [0.05, 0.1) is 19.3 Å². The lowest BCUT2D eigenvalue weighted by Gasteiger charge is -2.14. The van der Waals surface area contributed by atoms with Crippen molar-refractivity contribution < 1.29 is 19.7 Å². The second-order valence-electron chi connectivity index (χ2n) is 3.49. The van der Waals surface area contributed by atoms with Crippen molar-refractivity contribution in [1.82, 2.24) is 5.32 Å². The maximum Gasteiger partial charge on any atom is 0.303 e. The average Bonchev–Trinajstić information content (AvgIpc) is 2.21. The molecule has 0 radical (unpaired) electrons. The Kier molecular flexibility index (Phi) is 9.46. The summed E-state index contributed by atoms with van der Waals surface area (Å²) in [5.74, 6) is -0.740. The highest BCUT2D eigenvalue weighted by atomic mass is 16.5. The third-order valence-electron chi connectivity index (χ3n) is 2.09. The van der Waals surface area contributed by atoms with Crippen LogP contribution in [-0.2, 0) is 9.53 Å². The summed E-state index contributed by atoms with van der Waals surface area (Å²) in [5, 5.41) is 20.4. The van der Waals surface area contributed by atoms with E-state index in [4.69, 9.17) is 14.9 Å². The molecule has 0 amide bonds. The molecule has 0 aromatic heterocycles. The molecule has 1 atom stereocenters. The number of carbonyl (C=O) groups is 1. The zero-order chi connectivity index (χ0) is 11.5. The Morgan fingerprint density at radius 2 is 2.13 bits per heavy atom. The molecule has 5 nitrogen and oxygen atoms in total. The van der Waals surface area contributed by atoms with Gasteiger partial charge in [0.2, 0.25) is 0 Å². The maximum absolute atomic E-state index is 10.2. The van der Waals surface area contributed by atoms with Gasteiger partial charge in [0.15, 0.2) is 0 Å². The van der Waals surface area contributed by atoms with E-state index in [1.54, 1.807) is 7.11 Å². The van der Waals surface area contributed by atoms with E-state index < -0.39 is 5.97 Å². The van der Waals surface area contributed by atoms with Gasteiger partial charge in [-0.15, -0.1) is 0 Å². The lowest BCUT2D eigenvalue weighted by atomic mass is 10.2. The minimum absolute atomic E-state index is 0.0190. The Morgan fingerprint density at radius 3 is 2.67 bits per heavy atom. The molecule has 3 N–H and O–H groups in total. The van der Waals surface area contributed by atoms with E-state index in [1.165, 1.54) is 0 Å². The number of hydrogen-bond acceptors (Lipinski definition) is 4. The van der Waals surface area contributed by atoms with Crippen LogP contribution in [0.25, 0.3) is 0 Å². The van der Waals surface area contributed by atoms with Crippen LogP contribution >= 0.6 is 0 Å².